The molecule has 0 spiro atoms. The number of hydrogen-bond acceptors (Lipinski definition) is 4. The molecule has 0 saturated carbocycles. The van der Waals surface area contributed by atoms with Gasteiger partial charge in [-0.3, -0.25) is 4.79 Å². The van der Waals surface area contributed by atoms with Crippen molar-refractivity contribution in [3.05, 3.63) is 61.5 Å². The summed E-state index contributed by atoms with van der Waals surface area (Å²) in [4.78, 5) is 23.4. The predicted molar refractivity (Wildman–Crippen MR) is 92.2 cm³/mol. The molecule has 22 heavy (non-hydrogen) atoms. The number of furan rings is 1. The molecular weight excluding hydrogens is 442 g/mol. The topological polar surface area (TPSA) is 56.5 Å². The molecule has 1 aromatic heterocycles. The van der Waals surface area contributed by atoms with E-state index < -0.39 is 18.4 Å². The molecule has 0 N–H and O–H groups in total. The summed E-state index contributed by atoms with van der Waals surface area (Å²) in [5.41, 5.74) is 0.253. The van der Waals surface area contributed by atoms with Crippen LogP contribution in [-0.4, -0.2) is 18.4 Å². The lowest BCUT2D eigenvalue weighted by Gasteiger charge is -2.04. The number of halogens is 3. The number of rotatable bonds is 5. The van der Waals surface area contributed by atoms with Gasteiger partial charge in [-0.15, -0.1) is 0 Å². The summed E-state index contributed by atoms with van der Waals surface area (Å²) >= 11 is 13.7. The zero-order valence-corrected chi connectivity index (χ0v) is 14.7. The Morgan fingerprint density at radius 2 is 2.00 bits per heavy atom. The standard InChI is InChI=1S/C15H9Cl2IO4/c16-9-1-4-11(12(17)7-9)13(19)8-21-15(20)6-3-10-2-5-14(18)22-10/h1-7H,8H2. The zero-order chi connectivity index (χ0) is 16.1. The van der Waals surface area contributed by atoms with Crippen molar-refractivity contribution < 1.29 is 18.7 Å². The number of carbonyl (C=O) groups is 2. The highest BCUT2D eigenvalue weighted by Gasteiger charge is 2.12. The first kappa shape index (κ1) is 17.1. The summed E-state index contributed by atoms with van der Waals surface area (Å²) < 4.78 is 10.8. The van der Waals surface area contributed by atoms with Gasteiger partial charge in [0.05, 0.1) is 5.02 Å². The van der Waals surface area contributed by atoms with Crippen molar-refractivity contribution in [2.45, 2.75) is 0 Å². The number of ether oxygens (including phenoxy) is 1. The molecule has 0 radical (unpaired) electrons. The van der Waals surface area contributed by atoms with Crippen molar-refractivity contribution in [2.75, 3.05) is 6.61 Å². The monoisotopic (exact) mass is 450 g/mol. The van der Waals surface area contributed by atoms with Crippen LogP contribution in [0.15, 0.2) is 40.8 Å². The fourth-order valence-electron chi connectivity index (χ4n) is 1.55. The SMILES string of the molecule is O=C(C=Cc1ccc(I)o1)OCC(=O)c1ccc(Cl)cc1Cl. The van der Waals surface area contributed by atoms with Crippen LogP contribution in [0.3, 0.4) is 0 Å². The van der Waals surface area contributed by atoms with Gasteiger partial charge in [-0.1, -0.05) is 23.2 Å². The summed E-state index contributed by atoms with van der Waals surface area (Å²) in [7, 11) is 0. The van der Waals surface area contributed by atoms with Crippen LogP contribution < -0.4 is 0 Å². The lowest BCUT2D eigenvalue weighted by molar-refractivity contribution is -0.136. The van der Waals surface area contributed by atoms with Crippen LogP contribution in [-0.2, 0) is 9.53 Å². The lowest BCUT2D eigenvalue weighted by atomic mass is 10.1. The maximum absolute atomic E-state index is 11.9. The van der Waals surface area contributed by atoms with E-state index in [0.717, 1.165) is 0 Å². The van der Waals surface area contributed by atoms with Crippen molar-refractivity contribution in [1.82, 2.24) is 0 Å². The van der Waals surface area contributed by atoms with Gasteiger partial charge in [-0.05, 0) is 59.0 Å². The number of hydrogen-bond donors (Lipinski definition) is 0. The average molecular weight is 451 g/mol. The molecule has 7 heteroatoms. The van der Waals surface area contributed by atoms with E-state index in [4.69, 9.17) is 32.4 Å². The number of esters is 1. The Bertz CT molecular complexity index is 737. The van der Waals surface area contributed by atoms with E-state index in [1.165, 1.54) is 24.3 Å². The number of Topliss-reactive ketones (excluding diaryl/α,β-unsaturated/α-hetero) is 1. The largest absolute Gasteiger partial charge is 0.454 e. The first-order chi connectivity index (χ1) is 10.5. The van der Waals surface area contributed by atoms with Gasteiger partial charge in [-0.25, -0.2) is 4.79 Å². The molecule has 4 nitrogen and oxygen atoms in total. The molecule has 0 bridgehead atoms. The van der Waals surface area contributed by atoms with E-state index >= 15 is 0 Å². The molecule has 1 heterocycles. The van der Waals surface area contributed by atoms with Gasteiger partial charge in [0.25, 0.3) is 0 Å². The Labute approximate surface area is 150 Å². The minimum Gasteiger partial charge on any atom is -0.454 e. The van der Waals surface area contributed by atoms with Crippen LogP contribution in [0, 0.1) is 3.77 Å². The van der Waals surface area contributed by atoms with Crippen LogP contribution in [0.5, 0.6) is 0 Å². The molecule has 0 aliphatic heterocycles. The van der Waals surface area contributed by atoms with Crippen LogP contribution in [0.2, 0.25) is 10.0 Å². The minimum absolute atomic E-state index is 0.217. The smallest absolute Gasteiger partial charge is 0.331 e. The summed E-state index contributed by atoms with van der Waals surface area (Å²) in [5, 5.41) is 0.642. The number of ketones is 1. The fourth-order valence-corrected chi connectivity index (χ4v) is 2.49. The van der Waals surface area contributed by atoms with Gasteiger partial charge < -0.3 is 9.15 Å². The van der Waals surface area contributed by atoms with Crippen LogP contribution >= 0.6 is 45.8 Å². The van der Waals surface area contributed by atoms with Gasteiger partial charge in [-0.2, -0.15) is 0 Å². The molecule has 114 valence electrons. The molecule has 1 aromatic carbocycles. The van der Waals surface area contributed by atoms with E-state index in [1.807, 2.05) is 22.6 Å². The third kappa shape index (κ3) is 4.86. The third-order valence-corrected chi connectivity index (χ3v) is 3.68. The molecule has 0 atom stereocenters. The molecule has 0 unspecified atom stereocenters. The molecule has 2 rings (SSSR count). The van der Waals surface area contributed by atoms with Crippen molar-refractivity contribution in [3.8, 4) is 0 Å². The molecule has 2 aromatic rings. The Kier molecular flexibility index (Phi) is 6.05. The molecule has 0 aliphatic carbocycles. The first-order valence-electron chi connectivity index (χ1n) is 6.04. The predicted octanol–water partition coefficient (Wildman–Crippen LogP) is 4.63. The number of benzene rings is 1. The number of carbonyl (C=O) groups excluding carboxylic acids is 2. The minimum atomic E-state index is -0.648. The van der Waals surface area contributed by atoms with Gasteiger partial charge in [0.15, 0.2) is 10.4 Å². The highest BCUT2D eigenvalue weighted by Crippen LogP contribution is 2.21. The van der Waals surface area contributed by atoms with Crippen LogP contribution in [0.4, 0.5) is 0 Å². The quantitative estimate of drug-likeness (QED) is 0.288. The Morgan fingerprint density at radius 1 is 1.23 bits per heavy atom. The Morgan fingerprint density at radius 3 is 2.64 bits per heavy atom. The van der Waals surface area contributed by atoms with Crippen LogP contribution in [0.25, 0.3) is 6.08 Å². The Balaban J connectivity index is 1.90. The third-order valence-electron chi connectivity index (χ3n) is 2.55. The second-order valence-electron chi connectivity index (χ2n) is 4.13. The van der Waals surface area contributed by atoms with Gasteiger partial charge in [0.2, 0.25) is 5.78 Å². The summed E-state index contributed by atoms with van der Waals surface area (Å²) in [6, 6.07) is 7.96. The van der Waals surface area contributed by atoms with E-state index in [1.54, 1.807) is 18.2 Å². The first-order valence-corrected chi connectivity index (χ1v) is 7.87. The summed E-state index contributed by atoms with van der Waals surface area (Å²) in [6.07, 6.45) is 2.65. The molecule has 0 fully saturated rings. The normalized spacial score (nSPS) is 10.9. The molecule has 0 aliphatic rings. The fraction of sp³-hybridized carbons (Fsp3) is 0.0667. The summed E-state index contributed by atoms with van der Waals surface area (Å²) in [6.45, 7) is -0.403. The molecule has 0 saturated heterocycles. The maximum atomic E-state index is 11.9. The van der Waals surface area contributed by atoms with E-state index in [2.05, 4.69) is 0 Å². The van der Waals surface area contributed by atoms with Gasteiger partial charge in [0, 0.05) is 16.7 Å². The molecule has 0 amide bonds. The second-order valence-corrected chi connectivity index (χ2v) is 6.04. The van der Waals surface area contributed by atoms with Crippen molar-refractivity contribution >= 4 is 63.6 Å². The van der Waals surface area contributed by atoms with E-state index in [9.17, 15) is 9.59 Å². The second kappa shape index (κ2) is 7.80. The molecular formula is C15H9Cl2IO4. The van der Waals surface area contributed by atoms with Gasteiger partial charge in [0.1, 0.15) is 5.76 Å². The maximum Gasteiger partial charge on any atom is 0.331 e. The highest BCUT2D eigenvalue weighted by molar-refractivity contribution is 14.1. The zero-order valence-electron chi connectivity index (χ0n) is 11.0. The van der Waals surface area contributed by atoms with Crippen molar-refractivity contribution in [2.24, 2.45) is 0 Å². The summed E-state index contributed by atoms with van der Waals surface area (Å²) in [5.74, 6) is -0.533. The van der Waals surface area contributed by atoms with E-state index in [0.29, 0.717) is 14.5 Å². The van der Waals surface area contributed by atoms with Gasteiger partial charge >= 0.3 is 5.97 Å². The van der Waals surface area contributed by atoms with Crippen molar-refractivity contribution in [3.63, 3.8) is 0 Å². The van der Waals surface area contributed by atoms with Crippen LogP contribution in [0.1, 0.15) is 16.1 Å². The van der Waals surface area contributed by atoms with Crippen molar-refractivity contribution in [1.29, 1.82) is 0 Å². The Hall–Kier alpha value is -1.31. The van der Waals surface area contributed by atoms with E-state index in [-0.39, 0.29) is 10.6 Å². The average Bonchev–Trinajstić information content (AvgIpc) is 2.88. The lowest BCUT2D eigenvalue weighted by Crippen LogP contribution is -2.12. The highest BCUT2D eigenvalue weighted by atomic mass is 127.